The lowest BCUT2D eigenvalue weighted by Gasteiger charge is -2.19. The number of halogens is 3. The number of nitrogens with zero attached hydrogens (tertiary/aromatic N) is 5. The van der Waals surface area contributed by atoms with Crippen LogP contribution in [0.25, 0.3) is 10.9 Å². The molecular formula is C24H15Cl2FN8. The van der Waals surface area contributed by atoms with Crippen molar-refractivity contribution in [2.24, 2.45) is 0 Å². The molecule has 1 atom stereocenters. The topological polar surface area (TPSA) is 115 Å². The van der Waals surface area contributed by atoms with E-state index in [1.807, 2.05) is 12.1 Å². The summed E-state index contributed by atoms with van der Waals surface area (Å²) in [6.45, 7) is 0. The van der Waals surface area contributed by atoms with Crippen LogP contribution in [-0.2, 0) is 0 Å². The molecule has 172 valence electrons. The Morgan fingerprint density at radius 1 is 1.09 bits per heavy atom. The van der Waals surface area contributed by atoms with E-state index in [4.69, 9.17) is 23.2 Å². The van der Waals surface area contributed by atoms with E-state index in [0.717, 1.165) is 5.56 Å². The van der Waals surface area contributed by atoms with Gasteiger partial charge in [-0.05, 0) is 35.9 Å². The molecule has 0 saturated carbocycles. The van der Waals surface area contributed by atoms with Gasteiger partial charge in [0.05, 0.1) is 38.5 Å². The number of nitriles is 1. The molecule has 5 aromatic rings. The molecule has 5 rings (SSSR count). The summed E-state index contributed by atoms with van der Waals surface area (Å²) in [5.74, 6) is -0.633. The van der Waals surface area contributed by atoms with Gasteiger partial charge in [-0.2, -0.15) is 5.26 Å². The maximum atomic E-state index is 14.6. The number of hydrogen-bond donors (Lipinski definition) is 3. The van der Waals surface area contributed by atoms with Crippen LogP contribution >= 0.6 is 23.2 Å². The van der Waals surface area contributed by atoms with Gasteiger partial charge in [0.25, 0.3) is 0 Å². The maximum Gasteiger partial charge on any atom is 0.165 e. The third-order valence-corrected chi connectivity index (χ3v) is 5.90. The minimum Gasteiger partial charge on any atom is -0.373 e. The molecule has 1 unspecified atom stereocenters. The molecule has 3 heterocycles. The van der Waals surface area contributed by atoms with Crippen molar-refractivity contribution in [1.82, 2.24) is 25.4 Å². The van der Waals surface area contributed by atoms with Gasteiger partial charge in [0, 0.05) is 35.9 Å². The number of fused-ring (bicyclic) bond motifs is 1. The summed E-state index contributed by atoms with van der Waals surface area (Å²) in [4.78, 5) is 8.54. The number of benzene rings is 2. The fourth-order valence-electron chi connectivity index (χ4n) is 3.69. The standard InChI is InChI=1S/C24H15Cl2FN8/c25-17-4-1-5-19(21(17)27)33-22-14(9-28)11-30-24-16(22)7-15(8-18(24)26)32-23(20-12-31-35-34-20)13-3-2-6-29-10-13/h1-8,10-12,23,32H,(H,30,33)(H,31,34,35). The van der Waals surface area contributed by atoms with Crippen molar-refractivity contribution in [3.63, 3.8) is 0 Å². The van der Waals surface area contributed by atoms with E-state index in [9.17, 15) is 9.65 Å². The van der Waals surface area contributed by atoms with E-state index in [-0.39, 0.29) is 16.3 Å². The lowest BCUT2D eigenvalue weighted by molar-refractivity contribution is 0.632. The van der Waals surface area contributed by atoms with Gasteiger partial charge in [-0.3, -0.25) is 15.1 Å². The van der Waals surface area contributed by atoms with Crippen molar-refractivity contribution < 1.29 is 4.39 Å². The molecule has 0 bridgehead atoms. The van der Waals surface area contributed by atoms with Crippen LogP contribution in [0, 0.1) is 17.1 Å². The Hall–Kier alpha value is -4.26. The number of H-pyrrole nitrogens is 1. The minimum atomic E-state index is -0.633. The molecule has 11 heteroatoms. The van der Waals surface area contributed by atoms with Crippen molar-refractivity contribution in [2.75, 3.05) is 10.6 Å². The van der Waals surface area contributed by atoms with Crippen LogP contribution in [0.15, 0.2) is 67.3 Å². The maximum absolute atomic E-state index is 14.6. The van der Waals surface area contributed by atoms with Crippen molar-refractivity contribution in [1.29, 1.82) is 5.26 Å². The predicted octanol–water partition coefficient (Wildman–Crippen LogP) is 6.01. The van der Waals surface area contributed by atoms with Gasteiger partial charge in [0.15, 0.2) is 5.82 Å². The summed E-state index contributed by atoms with van der Waals surface area (Å²) >= 11 is 12.5. The predicted molar refractivity (Wildman–Crippen MR) is 132 cm³/mol. The number of aromatic amines is 1. The highest BCUT2D eigenvalue weighted by Gasteiger charge is 2.20. The number of hydrogen-bond acceptors (Lipinski definition) is 7. The minimum absolute atomic E-state index is 0.0424. The lowest BCUT2D eigenvalue weighted by Crippen LogP contribution is -2.13. The molecule has 2 aromatic carbocycles. The highest BCUT2D eigenvalue weighted by atomic mass is 35.5. The molecular weight excluding hydrogens is 490 g/mol. The molecule has 35 heavy (non-hydrogen) atoms. The zero-order chi connectivity index (χ0) is 24.4. The summed E-state index contributed by atoms with van der Waals surface area (Å²) in [5, 5.41) is 27.6. The quantitative estimate of drug-likeness (QED) is 0.259. The first-order valence-corrected chi connectivity index (χ1v) is 11.1. The molecule has 0 amide bonds. The first-order valence-electron chi connectivity index (χ1n) is 10.3. The van der Waals surface area contributed by atoms with Crippen LogP contribution in [-0.4, -0.2) is 25.4 Å². The number of rotatable bonds is 6. The van der Waals surface area contributed by atoms with Crippen molar-refractivity contribution in [3.05, 3.63) is 99.9 Å². The van der Waals surface area contributed by atoms with Crippen molar-refractivity contribution in [3.8, 4) is 6.07 Å². The SMILES string of the molecule is N#Cc1cnc2c(Cl)cc(NC(c3cccnc3)c3c[nH]nn3)cc2c1Nc1cccc(Cl)c1F. The number of nitrogens with one attached hydrogen (secondary N) is 3. The second-order valence-electron chi connectivity index (χ2n) is 7.50. The second-order valence-corrected chi connectivity index (χ2v) is 8.32. The van der Waals surface area contributed by atoms with E-state index < -0.39 is 11.9 Å². The number of pyridine rings is 2. The third kappa shape index (κ3) is 4.45. The molecule has 0 radical (unpaired) electrons. The van der Waals surface area contributed by atoms with Crippen LogP contribution < -0.4 is 10.6 Å². The van der Waals surface area contributed by atoms with Gasteiger partial charge in [-0.1, -0.05) is 40.5 Å². The lowest BCUT2D eigenvalue weighted by atomic mass is 10.0. The Kier molecular flexibility index (Phi) is 6.14. The molecule has 3 N–H and O–H groups in total. The third-order valence-electron chi connectivity index (χ3n) is 5.32. The summed E-state index contributed by atoms with van der Waals surface area (Å²) in [6.07, 6.45) is 6.47. The first-order chi connectivity index (χ1) is 17.0. The van der Waals surface area contributed by atoms with Crippen LogP contribution in [0.2, 0.25) is 10.0 Å². The van der Waals surface area contributed by atoms with E-state index in [1.165, 1.54) is 18.3 Å². The molecule has 8 nitrogen and oxygen atoms in total. The Morgan fingerprint density at radius 3 is 2.71 bits per heavy atom. The van der Waals surface area contributed by atoms with E-state index in [2.05, 4.69) is 42.1 Å². The molecule has 0 spiro atoms. The molecule has 0 saturated heterocycles. The average molecular weight is 505 g/mol. The fourth-order valence-corrected chi connectivity index (χ4v) is 4.13. The van der Waals surface area contributed by atoms with Crippen LogP contribution in [0.4, 0.5) is 21.5 Å². The Morgan fingerprint density at radius 2 is 1.97 bits per heavy atom. The van der Waals surface area contributed by atoms with Crippen LogP contribution in [0.1, 0.15) is 22.9 Å². The summed E-state index contributed by atoms with van der Waals surface area (Å²) in [7, 11) is 0. The van der Waals surface area contributed by atoms with Gasteiger partial charge < -0.3 is 10.6 Å². The highest BCUT2D eigenvalue weighted by Crippen LogP contribution is 2.37. The summed E-state index contributed by atoms with van der Waals surface area (Å²) < 4.78 is 14.6. The smallest absolute Gasteiger partial charge is 0.165 e. The largest absolute Gasteiger partial charge is 0.373 e. The van der Waals surface area contributed by atoms with Gasteiger partial charge in [0.1, 0.15) is 11.8 Å². The Balaban J connectivity index is 1.63. The molecule has 3 aromatic heterocycles. The average Bonchev–Trinajstić information content (AvgIpc) is 3.41. The summed E-state index contributed by atoms with van der Waals surface area (Å²) in [6, 6.07) is 13.5. The Bertz CT molecular complexity index is 1550. The molecule has 0 aliphatic heterocycles. The zero-order valence-electron chi connectivity index (χ0n) is 17.8. The number of anilines is 3. The Labute approximate surface area is 208 Å². The van der Waals surface area contributed by atoms with Gasteiger partial charge in [-0.15, -0.1) is 5.10 Å². The summed E-state index contributed by atoms with van der Waals surface area (Å²) in [5.41, 5.74) is 3.23. The monoisotopic (exact) mass is 504 g/mol. The second kappa shape index (κ2) is 9.54. The molecule has 0 aliphatic rings. The van der Waals surface area contributed by atoms with E-state index in [1.54, 1.807) is 36.8 Å². The molecule has 0 aliphatic carbocycles. The molecule has 0 fully saturated rings. The zero-order valence-corrected chi connectivity index (χ0v) is 19.3. The number of aromatic nitrogens is 5. The fraction of sp³-hybridized carbons (Fsp3) is 0.0417. The van der Waals surface area contributed by atoms with Crippen LogP contribution in [0.3, 0.4) is 0 Å². The van der Waals surface area contributed by atoms with Crippen molar-refractivity contribution >= 4 is 51.2 Å². The highest BCUT2D eigenvalue weighted by molar-refractivity contribution is 6.36. The normalized spacial score (nSPS) is 11.7. The van der Waals surface area contributed by atoms with E-state index >= 15 is 0 Å². The van der Waals surface area contributed by atoms with Gasteiger partial charge >= 0.3 is 0 Å². The van der Waals surface area contributed by atoms with Gasteiger partial charge in [0.2, 0.25) is 0 Å². The van der Waals surface area contributed by atoms with E-state index in [0.29, 0.717) is 33.0 Å². The van der Waals surface area contributed by atoms with Gasteiger partial charge in [-0.25, -0.2) is 4.39 Å². The first kappa shape index (κ1) is 22.5. The van der Waals surface area contributed by atoms with Crippen LogP contribution in [0.5, 0.6) is 0 Å². The van der Waals surface area contributed by atoms with Crippen molar-refractivity contribution in [2.45, 2.75) is 6.04 Å².